The monoisotopic (exact) mass is 376 g/mol. The van der Waals surface area contributed by atoms with Gasteiger partial charge in [-0.15, -0.1) is 0 Å². The maximum absolute atomic E-state index is 6.31. The maximum atomic E-state index is 6.31. The van der Waals surface area contributed by atoms with Crippen LogP contribution in [0.4, 0.5) is 0 Å². The van der Waals surface area contributed by atoms with Crippen LogP contribution in [0.15, 0.2) is 48.7 Å². The number of fused-ring (bicyclic) bond motifs is 1. The third-order valence-electron chi connectivity index (χ3n) is 5.53. The standard InChI is InChI=1S/C24H28N2O2/c1-4-18-5-8-22(16(2)13-18)28-24-10-12-26-21-7-6-19(14-20(21)24)27-23-9-11-25-15-17(23)3/h5-8,10,12-14,17,23,25H,4,9,11,15H2,1-3H3. The summed E-state index contributed by atoms with van der Waals surface area (Å²) in [6, 6.07) is 14.4. The first kappa shape index (κ1) is 18.8. The number of hydrogen-bond donors (Lipinski definition) is 1. The number of benzene rings is 2. The Morgan fingerprint density at radius 1 is 1.11 bits per heavy atom. The molecule has 1 saturated heterocycles. The van der Waals surface area contributed by atoms with Crippen molar-refractivity contribution in [1.82, 2.24) is 10.3 Å². The minimum absolute atomic E-state index is 0.239. The normalized spacial score (nSPS) is 19.5. The van der Waals surface area contributed by atoms with Crippen molar-refractivity contribution >= 4 is 10.9 Å². The van der Waals surface area contributed by atoms with E-state index in [4.69, 9.17) is 9.47 Å². The number of nitrogens with zero attached hydrogens (tertiary/aromatic N) is 1. The second-order valence-electron chi connectivity index (χ2n) is 7.67. The smallest absolute Gasteiger partial charge is 0.138 e. The first-order chi connectivity index (χ1) is 13.6. The highest BCUT2D eigenvalue weighted by atomic mass is 16.5. The molecule has 2 aromatic carbocycles. The number of nitrogens with one attached hydrogen (secondary N) is 1. The summed E-state index contributed by atoms with van der Waals surface area (Å²) in [6.45, 7) is 8.49. The Morgan fingerprint density at radius 2 is 2.00 bits per heavy atom. The molecular weight excluding hydrogens is 348 g/mol. The van der Waals surface area contributed by atoms with Crippen molar-refractivity contribution in [3.8, 4) is 17.2 Å². The zero-order valence-electron chi connectivity index (χ0n) is 16.9. The lowest BCUT2D eigenvalue weighted by molar-refractivity contribution is 0.112. The summed E-state index contributed by atoms with van der Waals surface area (Å²) in [7, 11) is 0. The highest BCUT2D eigenvalue weighted by molar-refractivity contribution is 5.86. The number of rotatable bonds is 5. The zero-order valence-corrected chi connectivity index (χ0v) is 16.9. The molecule has 28 heavy (non-hydrogen) atoms. The minimum atomic E-state index is 0.239. The summed E-state index contributed by atoms with van der Waals surface area (Å²) in [5.74, 6) is 3.06. The van der Waals surface area contributed by atoms with E-state index in [2.05, 4.69) is 55.3 Å². The number of aromatic nitrogens is 1. The molecule has 0 saturated carbocycles. The second-order valence-corrected chi connectivity index (χ2v) is 7.67. The summed E-state index contributed by atoms with van der Waals surface area (Å²) in [4.78, 5) is 4.49. The van der Waals surface area contributed by atoms with Gasteiger partial charge >= 0.3 is 0 Å². The van der Waals surface area contributed by atoms with Gasteiger partial charge in [0, 0.05) is 24.0 Å². The average Bonchev–Trinajstić information content (AvgIpc) is 2.71. The summed E-state index contributed by atoms with van der Waals surface area (Å²) < 4.78 is 12.6. The van der Waals surface area contributed by atoms with Gasteiger partial charge in [0.1, 0.15) is 23.4 Å². The molecule has 1 aromatic heterocycles. The molecule has 4 rings (SSSR count). The van der Waals surface area contributed by atoms with Gasteiger partial charge in [-0.25, -0.2) is 0 Å². The van der Waals surface area contributed by atoms with Gasteiger partial charge < -0.3 is 14.8 Å². The fourth-order valence-electron chi connectivity index (χ4n) is 3.77. The summed E-state index contributed by atoms with van der Waals surface area (Å²) in [5, 5.41) is 4.39. The van der Waals surface area contributed by atoms with Crippen molar-refractivity contribution in [2.24, 2.45) is 5.92 Å². The van der Waals surface area contributed by atoms with Crippen LogP contribution in [0.5, 0.6) is 17.2 Å². The lowest BCUT2D eigenvalue weighted by Crippen LogP contribution is -2.41. The summed E-state index contributed by atoms with van der Waals surface area (Å²) >= 11 is 0. The van der Waals surface area contributed by atoms with Crippen LogP contribution in [0.2, 0.25) is 0 Å². The van der Waals surface area contributed by atoms with Crippen LogP contribution in [0, 0.1) is 12.8 Å². The van der Waals surface area contributed by atoms with E-state index in [1.807, 2.05) is 18.2 Å². The first-order valence-electron chi connectivity index (χ1n) is 10.2. The number of ether oxygens (including phenoxy) is 2. The van der Waals surface area contributed by atoms with Crippen molar-refractivity contribution in [2.45, 2.75) is 39.7 Å². The highest BCUT2D eigenvalue weighted by Gasteiger charge is 2.22. The molecule has 1 aliphatic heterocycles. The van der Waals surface area contributed by atoms with E-state index in [1.54, 1.807) is 6.20 Å². The van der Waals surface area contributed by atoms with Gasteiger partial charge in [0.15, 0.2) is 0 Å². The highest BCUT2D eigenvalue weighted by Crippen LogP contribution is 2.33. The number of hydrogen-bond acceptors (Lipinski definition) is 4. The van der Waals surface area contributed by atoms with Crippen molar-refractivity contribution in [2.75, 3.05) is 13.1 Å². The Labute approximate surface area is 166 Å². The van der Waals surface area contributed by atoms with E-state index >= 15 is 0 Å². The molecule has 146 valence electrons. The topological polar surface area (TPSA) is 43.4 Å². The van der Waals surface area contributed by atoms with E-state index in [0.717, 1.165) is 59.6 Å². The molecule has 0 radical (unpaired) electrons. The van der Waals surface area contributed by atoms with Gasteiger partial charge in [-0.2, -0.15) is 0 Å². The summed E-state index contributed by atoms with van der Waals surface area (Å²) in [5.41, 5.74) is 3.36. The number of pyridine rings is 1. The van der Waals surface area contributed by atoms with Crippen LogP contribution in [0.1, 0.15) is 31.4 Å². The summed E-state index contributed by atoms with van der Waals surface area (Å²) in [6.07, 6.45) is 4.08. The molecule has 2 heterocycles. The van der Waals surface area contributed by atoms with Crippen molar-refractivity contribution < 1.29 is 9.47 Å². The van der Waals surface area contributed by atoms with Crippen LogP contribution < -0.4 is 14.8 Å². The minimum Gasteiger partial charge on any atom is -0.490 e. The molecule has 4 heteroatoms. The molecule has 0 amide bonds. The molecule has 1 N–H and O–H groups in total. The third-order valence-corrected chi connectivity index (χ3v) is 5.53. The zero-order chi connectivity index (χ0) is 19.5. The lowest BCUT2D eigenvalue weighted by Gasteiger charge is -2.30. The Kier molecular flexibility index (Phi) is 5.49. The van der Waals surface area contributed by atoms with Gasteiger partial charge in [0.2, 0.25) is 0 Å². The molecular formula is C24H28N2O2. The predicted molar refractivity (Wildman–Crippen MR) is 113 cm³/mol. The fraction of sp³-hybridized carbons (Fsp3) is 0.375. The molecule has 2 atom stereocenters. The molecule has 0 aliphatic carbocycles. The lowest BCUT2D eigenvalue weighted by atomic mass is 9.98. The van der Waals surface area contributed by atoms with E-state index < -0.39 is 0 Å². The maximum Gasteiger partial charge on any atom is 0.138 e. The van der Waals surface area contributed by atoms with Crippen LogP contribution in [-0.4, -0.2) is 24.2 Å². The van der Waals surface area contributed by atoms with Crippen LogP contribution in [0.3, 0.4) is 0 Å². The molecule has 1 aliphatic rings. The Hall–Kier alpha value is -2.59. The van der Waals surface area contributed by atoms with Crippen LogP contribution in [-0.2, 0) is 6.42 Å². The quantitative estimate of drug-likeness (QED) is 0.658. The second kappa shape index (κ2) is 8.19. The Balaban J connectivity index is 1.63. The molecule has 3 aromatic rings. The predicted octanol–water partition coefficient (Wildman–Crippen LogP) is 5.27. The average molecular weight is 377 g/mol. The number of piperidine rings is 1. The van der Waals surface area contributed by atoms with E-state index in [1.165, 1.54) is 5.56 Å². The molecule has 0 spiro atoms. The Morgan fingerprint density at radius 3 is 2.79 bits per heavy atom. The van der Waals surface area contributed by atoms with Gasteiger partial charge in [0.25, 0.3) is 0 Å². The van der Waals surface area contributed by atoms with E-state index in [9.17, 15) is 0 Å². The van der Waals surface area contributed by atoms with Gasteiger partial charge in [-0.3, -0.25) is 4.98 Å². The molecule has 1 fully saturated rings. The van der Waals surface area contributed by atoms with E-state index in [-0.39, 0.29) is 6.10 Å². The van der Waals surface area contributed by atoms with E-state index in [0.29, 0.717) is 5.92 Å². The molecule has 4 nitrogen and oxygen atoms in total. The van der Waals surface area contributed by atoms with Crippen molar-refractivity contribution in [1.29, 1.82) is 0 Å². The first-order valence-corrected chi connectivity index (χ1v) is 10.2. The third kappa shape index (κ3) is 3.97. The largest absolute Gasteiger partial charge is 0.490 e. The number of aryl methyl sites for hydroxylation is 2. The van der Waals surface area contributed by atoms with Gasteiger partial charge in [0.05, 0.1) is 5.52 Å². The van der Waals surface area contributed by atoms with Crippen LogP contribution in [0.25, 0.3) is 10.9 Å². The van der Waals surface area contributed by atoms with Crippen LogP contribution >= 0.6 is 0 Å². The van der Waals surface area contributed by atoms with Crippen molar-refractivity contribution in [3.05, 3.63) is 59.8 Å². The van der Waals surface area contributed by atoms with Gasteiger partial charge in [-0.05, 0) is 67.8 Å². The van der Waals surface area contributed by atoms with Gasteiger partial charge in [-0.1, -0.05) is 26.0 Å². The van der Waals surface area contributed by atoms with Crippen molar-refractivity contribution in [3.63, 3.8) is 0 Å². The molecule has 2 unspecified atom stereocenters. The fourth-order valence-corrected chi connectivity index (χ4v) is 3.77. The SMILES string of the molecule is CCc1ccc(Oc2ccnc3ccc(OC4CCNCC4C)cc23)c(C)c1. The Bertz CT molecular complexity index is 970. The molecule has 0 bridgehead atoms.